The maximum absolute atomic E-state index is 12.8. The number of fused-ring (bicyclic) bond motifs is 1. The van der Waals surface area contributed by atoms with Gasteiger partial charge in [0, 0.05) is 19.2 Å². The molecular weight excluding hydrogens is 396 g/mol. The molecule has 9 nitrogen and oxygen atoms in total. The van der Waals surface area contributed by atoms with Gasteiger partial charge in [-0.3, -0.25) is 4.79 Å². The SMILES string of the molecule is CCc1ccc2[nH]c(=O)c(C[NH+](Cc3nnnn3CCOC)C[C@@H]3CCCO3)cc2c1. The van der Waals surface area contributed by atoms with Crippen molar-refractivity contribution in [3.8, 4) is 0 Å². The van der Waals surface area contributed by atoms with Gasteiger partial charge < -0.3 is 19.4 Å². The zero-order valence-corrected chi connectivity index (χ0v) is 18.3. The van der Waals surface area contributed by atoms with E-state index in [1.807, 2.05) is 12.1 Å². The van der Waals surface area contributed by atoms with E-state index in [2.05, 4.69) is 39.6 Å². The molecule has 1 saturated heterocycles. The number of aromatic nitrogens is 5. The number of methoxy groups -OCH3 is 1. The van der Waals surface area contributed by atoms with E-state index in [-0.39, 0.29) is 11.7 Å². The number of aromatic amines is 1. The highest BCUT2D eigenvalue weighted by Gasteiger charge is 2.25. The molecule has 2 atom stereocenters. The van der Waals surface area contributed by atoms with Crippen molar-refractivity contribution >= 4 is 10.9 Å². The van der Waals surface area contributed by atoms with Gasteiger partial charge in [0.05, 0.1) is 18.7 Å². The Morgan fingerprint density at radius 2 is 2.23 bits per heavy atom. The molecule has 3 aromatic rings. The number of tetrazole rings is 1. The second kappa shape index (κ2) is 10.1. The molecule has 9 heteroatoms. The minimum Gasteiger partial charge on any atom is -0.383 e. The maximum Gasteiger partial charge on any atom is 0.257 e. The molecule has 0 saturated carbocycles. The molecule has 1 aliphatic rings. The molecule has 0 bridgehead atoms. The van der Waals surface area contributed by atoms with E-state index in [0.717, 1.165) is 54.7 Å². The van der Waals surface area contributed by atoms with Gasteiger partial charge in [0.15, 0.2) is 0 Å². The topological polar surface area (TPSA) is 99.4 Å². The van der Waals surface area contributed by atoms with Gasteiger partial charge in [-0.25, -0.2) is 4.68 Å². The Morgan fingerprint density at radius 1 is 1.32 bits per heavy atom. The third-order valence-corrected chi connectivity index (χ3v) is 5.90. The Morgan fingerprint density at radius 3 is 3.00 bits per heavy atom. The van der Waals surface area contributed by atoms with Crippen LogP contribution in [0.25, 0.3) is 10.9 Å². The minimum atomic E-state index is -0.0411. The smallest absolute Gasteiger partial charge is 0.257 e. The third-order valence-electron chi connectivity index (χ3n) is 5.90. The van der Waals surface area contributed by atoms with Crippen LogP contribution in [0.5, 0.6) is 0 Å². The van der Waals surface area contributed by atoms with Crippen LogP contribution in [-0.2, 0) is 35.5 Å². The number of hydrogen-bond acceptors (Lipinski definition) is 6. The van der Waals surface area contributed by atoms with Crippen molar-refractivity contribution in [2.75, 3.05) is 26.9 Å². The maximum atomic E-state index is 12.8. The molecule has 1 aliphatic heterocycles. The number of hydrogen-bond donors (Lipinski definition) is 2. The van der Waals surface area contributed by atoms with E-state index < -0.39 is 0 Å². The molecule has 2 N–H and O–H groups in total. The van der Waals surface area contributed by atoms with Crippen molar-refractivity contribution < 1.29 is 14.4 Å². The van der Waals surface area contributed by atoms with Crippen molar-refractivity contribution in [2.45, 2.75) is 51.9 Å². The first kappa shape index (κ1) is 21.6. The predicted molar refractivity (Wildman–Crippen MR) is 116 cm³/mol. The molecule has 166 valence electrons. The Balaban J connectivity index is 1.59. The van der Waals surface area contributed by atoms with Gasteiger partial charge in [-0.2, -0.15) is 0 Å². The van der Waals surface area contributed by atoms with Crippen LogP contribution in [0.4, 0.5) is 0 Å². The highest BCUT2D eigenvalue weighted by molar-refractivity contribution is 5.79. The number of aryl methyl sites for hydroxylation is 1. The number of ether oxygens (including phenoxy) is 2. The summed E-state index contributed by atoms with van der Waals surface area (Å²) in [4.78, 5) is 17.1. The summed E-state index contributed by atoms with van der Waals surface area (Å²) in [7, 11) is 1.66. The third kappa shape index (κ3) is 5.36. The molecule has 4 rings (SSSR count). The van der Waals surface area contributed by atoms with Gasteiger partial charge in [-0.05, 0) is 58.8 Å². The summed E-state index contributed by atoms with van der Waals surface area (Å²) in [5.41, 5.74) is 2.85. The van der Waals surface area contributed by atoms with E-state index in [1.165, 1.54) is 10.5 Å². The van der Waals surface area contributed by atoms with Crippen LogP contribution < -0.4 is 10.5 Å². The number of nitrogens with one attached hydrogen (secondary N) is 2. The highest BCUT2D eigenvalue weighted by Crippen LogP contribution is 2.14. The van der Waals surface area contributed by atoms with Crippen LogP contribution in [0.15, 0.2) is 29.1 Å². The summed E-state index contributed by atoms with van der Waals surface area (Å²) < 4.78 is 12.8. The first-order valence-electron chi connectivity index (χ1n) is 11.0. The fraction of sp³-hybridized carbons (Fsp3) is 0.545. The predicted octanol–water partition coefficient (Wildman–Crippen LogP) is 0.488. The zero-order chi connectivity index (χ0) is 21.6. The first-order chi connectivity index (χ1) is 15.2. The molecule has 1 unspecified atom stereocenters. The number of pyridine rings is 1. The van der Waals surface area contributed by atoms with Crippen molar-refractivity contribution in [1.82, 2.24) is 25.2 Å². The van der Waals surface area contributed by atoms with Crippen LogP contribution >= 0.6 is 0 Å². The van der Waals surface area contributed by atoms with Crippen molar-refractivity contribution in [3.63, 3.8) is 0 Å². The number of nitrogens with zero attached hydrogens (tertiary/aromatic N) is 4. The van der Waals surface area contributed by atoms with E-state index >= 15 is 0 Å². The van der Waals surface area contributed by atoms with Crippen molar-refractivity contribution in [1.29, 1.82) is 0 Å². The van der Waals surface area contributed by atoms with E-state index in [4.69, 9.17) is 9.47 Å². The summed E-state index contributed by atoms with van der Waals surface area (Å²) in [5, 5.41) is 13.2. The Kier molecular flexibility index (Phi) is 7.06. The van der Waals surface area contributed by atoms with Gasteiger partial charge in [-0.1, -0.05) is 13.0 Å². The van der Waals surface area contributed by atoms with E-state index in [1.54, 1.807) is 11.8 Å². The van der Waals surface area contributed by atoms with Crippen LogP contribution in [-0.4, -0.2) is 58.2 Å². The fourth-order valence-corrected chi connectivity index (χ4v) is 4.18. The Bertz CT molecular complexity index is 1060. The molecule has 3 heterocycles. The van der Waals surface area contributed by atoms with Gasteiger partial charge in [0.2, 0.25) is 5.82 Å². The van der Waals surface area contributed by atoms with Gasteiger partial charge in [-0.15, -0.1) is 5.10 Å². The molecular formula is C22H31N6O3+. The lowest BCUT2D eigenvalue weighted by molar-refractivity contribution is -0.931. The fourth-order valence-electron chi connectivity index (χ4n) is 4.18. The molecule has 0 amide bonds. The summed E-state index contributed by atoms with van der Waals surface area (Å²) in [6.07, 6.45) is 3.29. The molecule has 0 aliphatic carbocycles. The van der Waals surface area contributed by atoms with Gasteiger partial charge >= 0.3 is 0 Å². The summed E-state index contributed by atoms with van der Waals surface area (Å²) in [5.74, 6) is 0.788. The standard InChI is InChI=1S/C22H30N6O3/c1-3-16-6-7-20-17(11-16)12-18(22(29)23-20)13-27(14-19-5-4-9-31-19)15-21-24-25-26-28(21)8-10-30-2/h6-7,11-12,19H,3-5,8-10,13-15H2,1-2H3,(H,23,29)/p+1/t19-/m0/s1. The van der Waals surface area contributed by atoms with Crippen molar-refractivity contribution in [3.05, 3.63) is 51.6 Å². The van der Waals surface area contributed by atoms with Crippen LogP contribution in [0.1, 0.15) is 36.7 Å². The largest absolute Gasteiger partial charge is 0.383 e. The Hall–Kier alpha value is -2.62. The monoisotopic (exact) mass is 427 g/mol. The Labute approximate surface area is 181 Å². The van der Waals surface area contributed by atoms with Crippen molar-refractivity contribution in [2.24, 2.45) is 0 Å². The number of H-pyrrole nitrogens is 1. The quantitative estimate of drug-likeness (QED) is 0.489. The lowest BCUT2D eigenvalue weighted by Gasteiger charge is -2.22. The normalized spacial score (nSPS) is 17.4. The van der Waals surface area contributed by atoms with Crippen LogP contribution in [0.3, 0.4) is 0 Å². The van der Waals surface area contributed by atoms with Gasteiger partial charge in [0.25, 0.3) is 5.56 Å². The average molecular weight is 428 g/mol. The highest BCUT2D eigenvalue weighted by atomic mass is 16.5. The van der Waals surface area contributed by atoms with Crippen LogP contribution in [0.2, 0.25) is 0 Å². The summed E-state index contributed by atoms with van der Waals surface area (Å²) in [6, 6.07) is 8.23. The van der Waals surface area contributed by atoms with E-state index in [9.17, 15) is 4.79 Å². The summed E-state index contributed by atoms with van der Waals surface area (Å²) in [6.45, 7) is 6.09. The number of benzene rings is 1. The second-order valence-electron chi connectivity index (χ2n) is 8.15. The molecule has 1 fully saturated rings. The summed E-state index contributed by atoms with van der Waals surface area (Å²) >= 11 is 0. The average Bonchev–Trinajstić information content (AvgIpc) is 3.44. The lowest BCUT2D eigenvalue weighted by atomic mass is 10.1. The molecule has 2 aromatic heterocycles. The van der Waals surface area contributed by atoms with E-state index in [0.29, 0.717) is 26.2 Å². The number of quaternary nitrogens is 1. The number of rotatable bonds is 10. The molecule has 0 spiro atoms. The first-order valence-corrected chi connectivity index (χ1v) is 11.0. The lowest BCUT2D eigenvalue weighted by Crippen LogP contribution is -3.10. The molecule has 0 radical (unpaired) electrons. The van der Waals surface area contributed by atoms with Crippen LogP contribution in [0, 0.1) is 0 Å². The minimum absolute atomic E-state index is 0.0411. The zero-order valence-electron chi connectivity index (χ0n) is 18.3. The molecule has 31 heavy (non-hydrogen) atoms. The van der Waals surface area contributed by atoms with Gasteiger partial charge in [0.1, 0.15) is 25.7 Å². The molecule has 1 aromatic carbocycles. The second-order valence-corrected chi connectivity index (χ2v) is 8.15.